The molecule has 0 rings (SSSR count). The molecule has 0 saturated carbocycles. The van der Waals surface area contributed by atoms with Gasteiger partial charge in [0, 0.05) is 12.0 Å². The lowest BCUT2D eigenvalue weighted by Gasteiger charge is -2.16. The average Bonchev–Trinajstić information content (AvgIpc) is 2.16. The van der Waals surface area contributed by atoms with Gasteiger partial charge < -0.3 is 10.1 Å². The third kappa shape index (κ3) is 4.45. The highest BCUT2D eigenvalue weighted by Gasteiger charge is 2.13. The summed E-state index contributed by atoms with van der Waals surface area (Å²) in [6.45, 7) is 10.1. The normalized spacial score (nSPS) is 11.3. The first-order chi connectivity index (χ1) is 6.51. The van der Waals surface area contributed by atoms with Crippen molar-refractivity contribution >= 4 is 11.9 Å². The van der Waals surface area contributed by atoms with E-state index in [0.29, 0.717) is 12.0 Å². The molecule has 1 unspecified atom stereocenters. The van der Waals surface area contributed by atoms with Crippen molar-refractivity contribution in [2.45, 2.75) is 26.5 Å². The van der Waals surface area contributed by atoms with Crippen molar-refractivity contribution in [1.82, 2.24) is 5.32 Å². The number of esters is 1. The van der Waals surface area contributed by atoms with E-state index in [1.54, 1.807) is 13.8 Å². The SMILES string of the molecule is C=CC(=O)NC(CC)OC(=O)C(=C)C. The highest BCUT2D eigenvalue weighted by atomic mass is 16.6. The Morgan fingerprint density at radius 3 is 2.50 bits per heavy atom. The van der Waals surface area contributed by atoms with E-state index in [2.05, 4.69) is 18.5 Å². The minimum atomic E-state index is -0.621. The molecule has 1 N–H and O–H groups in total. The standard InChI is InChI=1S/C10H15NO3/c1-5-8(12)11-9(6-2)14-10(13)7(3)4/h5,9H,1,3,6H2,2,4H3,(H,11,12). The molecule has 1 amide bonds. The monoisotopic (exact) mass is 197 g/mol. The van der Waals surface area contributed by atoms with Crippen molar-refractivity contribution in [2.75, 3.05) is 0 Å². The summed E-state index contributed by atoms with van der Waals surface area (Å²) in [5.74, 6) is -0.882. The summed E-state index contributed by atoms with van der Waals surface area (Å²) >= 11 is 0. The lowest BCUT2D eigenvalue weighted by molar-refractivity contribution is -0.147. The van der Waals surface area contributed by atoms with Crippen LogP contribution >= 0.6 is 0 Å². The molecule has 4 nitrogen and oxygen atoms in total. The number of ether oxygens (including phenoxy) is 1. The Morgan fingerprint density at radius 2 is 2.14 bits per heavy atom. The number of hydrogen-bond acceptors (Lipinski definition) is 3. The molecule has 0 bridgehead atoms. The smallest absolute Gasteiger partial charge is 0.335 e. The zero-order chi connectivity index (χ0) is 11.1. The maximum Gasteiger partial charge on any atom is 0.335 e. The van der Waals surface area contributed by atoms with Gasteiger partial charge in [-0.2, -0.15) is 0 Å². The summed E-state index contributed by atoms with van der Waals surface area (Å²) in [5, 5.41) is 2.46. The van der Waals surface area contributed by atoms with E-state index in [1.165, 1.54) is 0 Å². The van der Waals surface area contributed by atoms with Crippen LogP contribution in [0.15, 0.2) is 24.8 Å². The zero-order valence-corrected chi connectivity index (χ0v) is 8.50. The minimum Gasteiger partial charge on any atom is -0.438 e. The fourth-order valence-corrected chi connectivity index (χ4v) is 0.662. The molecule has 4 heteroatoms. The Bertz CT molecular complexity index is 258. The van der Waals surface area contributed by atoms with Gasteiger partial charge in [-0.3, -0.25) is 4.79 Å². The van der Waals surface area contributed by atoms with E-state index >= 15 is 0 Å². The van der Waals surface area contributed by atoms with Crippen molar-refractivity contribution in [3.63, 3.8) is 0 Å². The lowest BCUT2D eigenvalue weighted by atomic mass is 10.3. The van der Waals surface area contributed by atoms with Gasteiger partial charge in [0.15, 0.2) is 6.23 Å². The first-order valence-electron chi connectivity index (χ1n) is 4.30. The van der Waals surface area contributed by atoms with Gasteiger partial charge in [0.1, 0.15) is 0 Å². The van der Waals surface area contributed by atoms with Crippen molar-refractivity contribution in [2.24, 2.45) is 0 Å². The molecule has 0 radical (unpaired) electrons. The molecule has 0 heterocycles. The van der Waals surface area contributed by atoms with Crippen LogP contribution in [-0.2, 0) is 14.3 Å². The van der Waals surface area contributed by atoms with Crippen LogP contribution < -0.4 is 5.32 Å². The van der Waals surface area contributed by atoms with Gasteiger partial charge in [0.25, 0.3) is 0 Å². The number of hydrogen-bond donors (Lipinski definition) is 1. The minimum absolute atomic E-state index is 0.302. The van der Waals surface area contributed by atoms with E-state index in [0.717, 1.165) is 6.08 Å². The molecule has 78 valence electrons. The number of rotatable bonds is 5. The first-order valence-corrected chi connectivity index (χ1v) is 4.30. The third-order valence-electron chi connectivity index (χ3n) is 1.46. The number of carbonyl (C=O) groups excluding carboxylic acids is 2. The third-order valence-corrected chi connectivity index (χ3v) is 1.46. The quantitative estimate of drug-likeness (QED) is 0.408. The predicted molar refractivity (Wildman–Crippen MR) is 53.3 cm³/mol. The van der Waals surface area contributed by atoms with Gasteiger partial charge in [-0.05, 0) is 13.0 Å². The topological polar surface area (TPSA) is 55.4 Å². The summed E-state index contributed by atoms with van der Waals surface area (Å²) < 4.78 is 4.92. The lowest BCUT2D eigenvalue weighted by Crippen LogP contribution is -2.37. The van der Waals surface area contributed by atoms with Gasteiger partial charge in [-0.15, -0.1) is 0 Å². The van der Waals surface area contributed by atoms with E-state index in [4.69, 9.17) is 4.74 Å². The van der Waals surface area contributed by atoms with Crippen molar-refractivity contribution in [3.05, 3.63) is 24.8 Å². The first kappa shape index (κ1) is 12.4. The molecule has 0 aliphatic carbocycles. The van der Waals surface area contributed by atoms with Gasteiger partial charge in [0.05, 0.1) is 0 Å². The average molecular weight is 197 g/mol. The second kappa shape index (κ2) is 5.96. The summed E-state index contributed by atoms with van der Waals surface area (Å²) in [6.07, 6.45) is 1.00. The van der Waals surface area contributed by atoms with Gasteiger partial charge in [0.2, 0.25) is 5.91 Å². The van der Waals surface area contributed by atoms with Crippen LogP contribution in [0.5, 0.6) is 0 Å². The molecule has 0 aromatic heterocycles. The number of amides is 1. The molecule has 0 aliphatic rings. The zero-order valence-electron chi connectivity index (χ0n) is 8.50. The molecule has 1 atom stereocenters. The molecule has 0 aromatic rings. The molecule has 0 fully saturated rings. The van der Waals surface area contributed by atoms with Crippen molar-refractivity contribution in [1.29, 1.82) is 0 Å². The van der Waals surface area contributed by atoms with Crippen LogP contribution in [-0.4, -0.2) is 18.1 Å². The Kier molecular flexibility index (Phi) is 5.29. The molecule has 0 aromatic carbocycles. The summed E-state index contributed by atoms with van der Waals surface area (Å²) in [5.41, 5.74) is 0.302. The molecule has 0 saturated heterocycles. The van der Waals surface area contributed by atoms with E-state index in [9.17, 15) is 9.59 Å². The fraction of sp³-hybridized carbons (Fsp3) is 0.400. The Balaban J connectivity index is 4.15. The summed E-state index contributed by atoms with van der Waals surface area (Å²) in [6, 6.07) is 0. The molecular formula is C10H15NO3. The van der Waals surface area contributed by atoms with Gasteiger partial charge in [-0.1, -0.05) is 20.1 Å². The molecular weight excluding hydrogens is 182 g/mol. The van der Waals surface area contributed by atoms with Gasteiger partial charge >= 0.3 is 5.97 Å². The van der Waals surface area contributed by atoms with Crippen molar-refractivity contribution in [3.8, 4) is 0 Å². The second-order valence-corrected chi connectivity index (χ2v) is 2.80. The molecule has 14 heavy (non-hydrogen) atoms. The molecule has 0 spiro atoms. The second-order valence-electron chi connectivity index (χ2n) is 2.80. The Hall–Kier alpha value is -1.58. The van der Waals surface area contributed by atoms with Crippen LogP contribution in [0, 0.1) is 0 Å². The number of carbonyl (C=O) groups is 2. The maximum absolute atomic E-state index is 11.1. The Morgan fingerprint density at radius 1 is 1.57 bits per heavy atom. The van der Waals surface area contributed by atoms with Crippen LogP contribution in [0.2, 0.25) is 0 Å². The predicted octanol–water partition coefficient (Wildman–Crippen LogP) is 1.14. The van der Waals surface area contributed by atoms with Crippen molar-refractivity contribution < 1.29 is 14.3 Å². The largest absolute Gasteiger partial charge is 0.438 e. The summed E-state index contributed by atoms with van der Waals surface area (Å²) in [7, 11) is 0. The maximum atomic E-state index is 11.1. The highest BCUT2D eigenvalue weighted by molar-refractivity contribution is 5.89. The van der Waals surface area contributed by atoms with E-state index < -0.39 is 12.2 Å². The fourth-order valence-electron chi connectivity index (χ4n) is 0.662. The number of nitrogens with one attached hydrogen (secondary N) is 1. The van der Waals surface area contributed by atoms with E-state index in [1.807, 2.05) is 0 Å². The van der Waals surface area contributed by atoms with Crippen LogP contribution in [0.1, 0.15) is 20.3 Å². The van der Waals surface area contributed by atoms with Gasteiger partial charge in [-0.25, -0.2) is 4.79 Å². The Labute approximate surface area is 83.6 Å². The van der Waals surface area contributed by atoms with Crippen LogP contribution in [0.25, 0.3) is 0 Å². The van der Waals surface area contributed by atoms with Crippen LogP contribution in [0.4, 0.5) is 0 Å². The van der Waals surface area contributed by atoms with E-state index in [-0.39, 0.29) is 5.91 Å². The highest BCUT2D eigenvalue weighted by Crippen LogP contribution is 1.99. The molecule has 0 aliphatic heterocycles. The summed E-state index contributed by atoms with van der Waals surface area (Å²) in [4.78, 5) is 22.0. The van der Waals surface area contributed by atoms with Crippen LogP contribution in [0.3, 0.4) is 0 Å².